The molecule has 8 heteroatoms. The molecule has 0 heterocycles. The van der Waals surface area contributed by atoms with Gasteiger partial charge in [-0.15, -0.1) is 0 Å². The molecule has 0 unspecified atom stereocenters. The molecule has 88 valence electrons. The van der Waals surface area contributed by atoms with Gasteiger partial charge in [0.25, 0.3) is 0 Å². The minimum Gasteiger partial charge on any atom is -0.480 e. The fraction of sp³-hybridized carbons (Fsp3) is 0.714. The van der Waals surface area contributed by atoms with E-state index in [9.17, 15) is 9.59 Å². The first-order valence-electron chi connectivity index (χ1n) is 4.02. The van der Waals surface area contributed by atoms with Crippen molar-refractivity contribution in [2.45, 2.75) is 18.5 Å². The summed E-state index contributed by atoms with van der Waals surface area (Å²) in [4.78, 5) is 20.9. The first kappa shape index (κ1) is 14.6. The van der Waals surface area contributed by atoms with Crippen molar-refractivity contribution < 1.29 is 19.8 Å². The molecule has 0 saturated carbocycles. The van der Waals surface area contributed by atoms with E-state index in [0.717, 1.165) is 0 Å². The van der Waals surface area contributed by atoms with Crippen molar-refractivity contribution >= 4 is 33.5 Å². The van der Waals surface area contributed by atoms with Gasteiger partial charge in [-0.3, -0.25) is 9.59 Å². The molecule has 6 nitrogen and oxygen atoms in total. The van der Waals surface area contributed by atoms with E-state index in [1.54, 1.807) is 0 Å². The third-order valence-electron chi connectivity index (χ3n) is 1.50. The number of nitrogens with two attached hydrogens (primary N) is 2. The zero-order valence-electron chi connectivity index (χ0n) is 8.17. The van der Waals surface area contributed by atoms with E-state index >= 15 is 0 Å². The summed E-state index contributed by atoms with van der Waals surface area (Å²) in [7, 11) is 2.40. The van der Waals surface area contributed by atoms with Gasteiger partial charge in [-0.05, 0) is 6.92 Å². The lowest BCUT2D eigenvalue weighted by Crippen LogP contribution is -2.47. The predicted molar refractivity (Wildman–Crippen MR) is 60.8 cm³/mol. The summed E-state index contributed by atoms with van der Waals surface area (Å²) in [5, 5.41) is 17.1. The maximum Gasteiger partial charge on any atom is 0.324 e. The monoisotopic (exact) mass is 254 g/mol. The van der Waals surface area contributed by atoms with Crippen molar-refractivity contribution in [3.63, 3.8) is 0 Å². The molecule has 0 fully saturated rings. The summed E-state index contributed by atoms with van der Waals surface area (Å²) < 4.78 is 0. The normalized spacial score (nSPS) is 16.7. The van der Waals surface area contributed by atoms with Gasteiger partial charge in [-0.2, -0.15) is 0 Å². The lowest BCUT2D eigenvalue weighted by atomic mass is 10.1. The summed E-state index contributed by atoms with van der Waals surface area (Å²) in [6, 6.07) is -0.934. The zero-order valence-corrected chi connectivity index (χ0v) is 9.81. The molecule has 15 heavy (non-hydrogen) atoms. The van der Waals surface area contributed by atoms with Crippen LogP contribution in [0.3, 0.4) is 0 Å². The van der Waals surface area contributed by atoms with Crippen LogP contribution in [-0.4, -0.2) is 45.2 Å². The lowest BCUT2D eigenvalue weighted by molar-refractivity contribution is -0.141. The largest absolute Gasteiger partial charge is 0.480 e. The van der Waals surface area contributed by atoms with E-state index in [2.05, 4.69) is 0 Å². The SMILES string of the molecule is C[C@](N)(CSSC[C@H](N)C(=O)O)C(=O)O. The first-order chi connectivity index (χ1) is 6.77. The fourth-order valence-corrected chi connectivity index (χ4v) is 2.97. The molecular formula is C7H14N2O4S2. The van der Waals surface area contributed by atoms with Crippen LogP contribution in [0.25, 0.3) is 0 Å². The van der Waals surface area contributed by atoms with Gasteiger partial charge in [0.05, 0.1) is 0 Å². The number of carbonyl (C=O) groups is 2. The summed E-state index contributed by atoms with van der Waals surface area (Å²) in [6.45, 7) is 1.40. The van der Waals surface area contributed by atoms with Gasteiger partial charge in [-0.25, -0.2) is 0 Å². The van der Waals surface area contributed by atoms with Crippen LogP contribution in [-0.2, 0) is 9.59 Å². The molecule has 0 radical (unpaired) electrons. The Hall–Kier alpha value is -0.440. The van der Waals surface area contributed by atoms with Gasteiger partial charge >= 0.3 is 11.9 Å². The number of carboxylic acids is 2. The molecule has 0 aromatic heterocycles. The smallest absolute Gasteiger partial charge is 0.324 e. The minimum atomic E-state index is -1.30. The molecule has 0 saturated heterocycles. The molecule has 0 aromatic carbocycles. The maximum atomic E-state index is 10.6. The molecule has 2 atom stereocenters. The third-order valence-corrected chi connectivity index (χ3v) is 4.14. The van der Waals surface area contributed by atoms with Crippen LogP contribution < -0.4 is 11.5 Å². The highest BCUT2D eigenvalue weighted by Crippen LogP contribution is 2.25. The van der Waals surface area contributed by atoms with E-state index in [-0.39, 0.29) is 11.5 Å². The summed E-state index contributed by atoms with van der Waals surface area (Å²) in [5.74, 6) is -1.75. The van der Waals surface area contributed by atoms with E-state index < -0.39 is 23.5 Å². The second-order valence-corrected chi connectivity index (χ2v) is 5.72. The van der Waals surface area contributed by atoms with Gasteiger partial charge < -0.3 is 21.7 Å². The Labute approximate surface area is 95.2 Å². The number of carboxylic acid groups (broad SMARTS) is 2. The molecule has 0 aliphatic rings. The fourth-order valence-electron chi connectivity index (χ4n) is 0.419. The zero-order chi connectivity index (χ0) is 12.1. The Morgan fingerprint density at radius 2 is 1.93 bits per heavy atom. The molecule has 0 amide bonds. The van der Waals surface area contributed by atoms with Gasteiger partial charge in [0.15, 0.2) is 0 Å². The van der Waals surface area contributed by atoms with Gasteiger partial charge in [0.2, 0.25) is 0 Å². The second kappa shape index (κ2) is 6.21. The standard InChI is InChI=1S/C7H14N2O4S2/c1-7(9,6(12)13)3-15-14-2-4(8)5(10)11/h4H,2-3,8-9H2,1H3,(H,10,11)(H,12,13)/t4-,7-/m0/s1. The van der Waals surface area contributed by atoms with Crippen molar-refractivity contribution in [1.29, 1.82) is 0 Å². The van der Waals surface area contributed by atoms with Gasteiger partial charge in [-0.1, -0.05) is 21.6 Å². The summed E-state index contributed by atoms with van der Waals surface area (Å²) in [5.41, 5.74) is 9.40. The van der Waals surface area contributed by atoms with E-state index in [1.807, 2.05) is 0 Å². The van der Waals surface area contributed by atoms with Crippen LogP contribution in [0.4, 0.5) is 0 Å². The average Bonchev–Trinajstić information content (AvgIpc) is 2.11. The average molecular weight is 254 g/mol. The first-order valence-corrected chi connectivity index (χ1v) is 6.51. The quantitative estimate of drug-likeness (QED) is 0.356. The molecule has 0 spiro atoms. The van der Waals surface area contributed by atoms with Crippen molar-refractivity contribution in [2.75, 3.05) is 11.5 Å². The van der Waals surface area contributed by atoms with Crippen LogP contribution >= 0.6 is 21.6 Å². The molecule has 0 rings (SSSR count). The molecule has 0 aliphatic heterocycles. The van der Waals surface area contributed by atoms with Crippen LogP contribution in [0.2, 0.25) is 0 Å². The molecular weight excluding hydrogens is 240 g/mol. The van der Waals surface area contributed by atoms with Crippen molar-refractivity contribution in [3.8, 4) is 0 Å². The number of hydrogen-bond donors (Lipinski definition) is 4. The number of aliphatic carboxylic acids is 2. The highest BCUT2D eigenvalue weighted by Gasteiger charge is 2.27. The molecule has 0 aromatic rings. The lowest BCUT2D eigenvalue weighted by Gasteiger charge is -2.17. The topological polar surface area (TPSA) is 127 Å². The van der Waals surface area contributed by atoms with Crippen LogP contribution in [0.15, 0.2) is 0 Å². The third kappa shape index (κ3) is 5.88. The second-order valence-electron chi connectivity index (χ2n) is 3.21. The predicted octanol–water partition coefficient (Wildman–Crippen LogP) is -0.418. The van der Waals surface area contributed by atoms with Crippen LogP contribution in [0, 0.1) is 0 Å². The Balaban J connectivity index is 3.72. The van der Waals surface area contributed by atoms with Crippen molar-refractivity contribution in [1.82, 2.24) is 0 Å². The van der Waals surface area contributed by atoms with E-state index in [1.165, 1.54) is 28.5 Å². The highest BCUT2D eigenvalue weighted by atomic mass is 33.1. The van der Waals surface area contributed by atoms with Crippen LogP contribution in [0.1, 0.15) is 6.92 Å². The number of hydrogen-bond acceptors (Lipinski definition) is 6. The van der Waals surface area contributed by atoms with Gasteiger partial charge in [0, 0.05) is 11.5 Å². The van der Waals surface area contributed by atoms with E-state index in [0.29, 0.717) is 0 Å². The minimum absolute atomic E-state index is 0.194. The summed E-state index contributed by atoms with van der Waals surface area (Å²) >= 11 is 0. The van der Waals surface area contributed by atoms with Crippen molar-refractivity contribution in [2.24, 2.45) is 11.5 Å². The Kier molecular flexibility index (Phi) is 6.03. The van der Waals surface area contributed by atoms with Gasteiger partial charge in [0.1, 0.15) is 11.6 Å². The van der Waals surface area contributed by atoms with E-state index in [4.69, 9.17) is 21.7 Å². The molecule has 0 aliphatic carbocycles. The highest BCUT2D eigenvalue weighted by molar-refractivity contribution is 8.76. The maximum absolute atomic E-state index is 10.6. The molecule has 6 N–H and O–H groups in total. The van der Waals surface area contributed by atoms with Crippen LogP contribution in [0.5, 0.6) is 0 Å². The van der Waals surface area contributed by atoms with Crippen molar-refractivity contribution in [3.05, 3.63) is 0 Å². The Bertz CT molecular complexity index is 247. The number of rotatable bonds is 7. The summed E-state index contributed by atoms with van der Waals surface area (Å²) in [6.07, 6.45) is 0. The molecule has 0 bridgehead atoms. The Morgan fingerprint density at radius 3 is 2.33 bits per heavy atom. The Morgan fingerprint density at radius 1 is 1.40 bits per heavy atom.